The molecule has 0 aliphatic carbocycles. The van der Waals surface area contributed by atoms with Crippen LogP contribution in [0.2, 0.25) is 0 Å². The monoisotopic (exact) mass is 289 g/mol. The SMILES string of the molecule is CC(C)C(NC1CCN(Cc2ccccc2)CC1)C(N)=O. The summed E-state index contributed by atoms with van der Waals surface area (Å²) in [5.74, 6) is 0.00145. The van der Waals surface area contributed by atoms with Crippen LogP contribution in [-0.2, 0) is 11.3 Å². The number of piperidine rings is 1. The lowest BCUT2D eigenvalue weighted by atomic mass is 9.98. The van der Waals surface area contributed by atoms with Gasteiger partial charge >= 0.3 is 0 Å². The summed E-state index contributed by atoms with van der Waals surface area (Å²) in [7, 11) is 0. The zero-order chi connectivity index (χ0) is 15.2. The van der Waals surface area contributed by atoms with Crippen molar-refractivity contribution >= 4 is 5.91 Å². The first kappa shape index (κ1) is 16.0. The Morgan fingerprint density at radius 1 is 1.29 bits per heavy atom. The molecule has 0 radical (unpaired) electrons. The second kappa shape index (κ2) is 7.57. The fraction of sp³-hybridized carbons (Fsp3) is 0.588. The van der Waals surface area contributed by atoms with E-state index in [1.54, 1.807) is 0 Å². The maximum absolute atomic E-state index is 11.5. The fourth-order valence-corrected chi connectivity index (χ4v) is 2.96. The van der Waals surface area contributed by atoms with Gasteiger partial charge in [0.25, 0.3) is 0 Å². The van der Waals surface area contributed by atoms with Crippen molar-refractivity contribution in [2.45, 2.75) is 45.3 Å². The summed E-state index contributed by atoms with van der Waals surface area (Å²) in [6.45, 7) is 7.21. The Bertz CT molecular complexity index is 439. The van der Waals surface area contributed by atoms with Crippen LogP contribution in [0.1, 0.15) is 32.3 Å². The average Bonchev–Trinajstić information content (AvgIpc) is 2.47. The third-order valence-electron chi connectivity index (χ3n) is 4.23. The van der Waals surface area contributed by atoms with Crippen LogP contribution in [0.15, 0.2) is 30.3 Å². The topological polar surface area (TPSA) is 58.4 Å². The first-order chi connectivity index (χ1) is 10.1. The van der Waals surface area contributed by atoms with E-state index in [1.165, 1.54) is 5.56 Å². The van der Waals surface area contributed by atoms with E-state index in [-0.39, 0.29) is 17.9 Å². The second-order valence-corrected chi connectivity index (χ2v) is 6.33. The molecule has 1 aliphatic heterocycles. The van der Waals surface area contributed by atoms with E-state index in [4.69, 9.17) is 5.73 Å². The largest absolute Gasteiger partial charge is 0.368 e. The standard InChI is InChI=1S/C17H27N3O/c1-13(2)16(17(18)21)19-15-8-10-20(11-9-15)12-14-6-4-3-5-7-14/h3-7,13,15-16,19H,8-12H2,1-2H3,(H2,18,21). The predicted octanol–water partition coefficient (Wildman–Crippen LogP) is 1.75. The molecule has 1 aliphatic rings. The van der Waals surface area contributed by atoms with Gasteiger partial charge in [-0.3, -0.25) is 9.69 Å². The molecule has 1 aromatic carbocycles. The third-order valence-corrected chi connectivity index (χ3v) is 4.23. The van der Waals surface area contributed by atoms with Crippen molar-refractivity contribution in [3.63, 3.8) is 0 Å². The lowest BCUT2D eigenvalue weighted by Gasteiger charge is -2.34. The molecule has 1 heterocycles. The maximum atomic E-state index is 11.5. The molecule has 1 atom stereocenters. The third kappa shape index (κ3) is 4.83. The van der Waals surface area contributed by atoms with Gasteiger partial charge in [-0.25, -0.2) is 0 Å². The van der Waals surface area contributed by atoms with E-state index in [0.29, 0.717) is 6.04 Å². The Morgan fingerprint density at radius 2 is 1.90 bits per heavy atom. The molecule has 1 amide bonds. The minimum absolute atomic E-state index is 0.212. The summed E-state index contributed by atoms with van der Waals surface area (Å²) >= 11 is 0. The number of hydrogen-bond donors (Lipinski definition) is 2. The summed E-state index contributed by atoms with van der Waals surface area (Å²) in [6.07, 6.45) is 2.15. The molecule has 4 heteroatoms. The Morgan fingerprint density at radius 3 is 2.43 bits per heavy atom. The van der Waals surface area contributed by atoms with Crippen molar-refractivity contribution in [3.05, 3.63) is 35.9 Å². The quantitative estimate of drug-likeness (QED) is 0.839. The highest BCUT2D eigenvalue weighted by atomic mass is 16.1. The number of hydrogen-bond acceptors (Lipinski definition) is 3. The molecule has 0 spiro atoms. The second-order valence-electron chi connectivity index (χ2n) is 6.33. The Kier molecular flexibility index (Phi) is 5.76. The fourth-order valence-electron chi connectivity index (χ4n) is 2.96. The van der Waals surface area contributed by atoms with Crippen LogP contribution in [0.4, 0.5) is 0 Å². The molecule has 0 bridgehead atoms. The number of carbonyl (C=O) groups excluding carboxylic acids is 1. The van der Waals surface area contributed by atoms with E-state index < -0.39 is 0 Å². The van der Waals surface area contributed by atoms with Gasteiger partial charge in [0.1, 0.15) is 0 Å². The average molecular weight is 289 g/mol. The molecule has 0 aromatic heterocycles. The Hall–Kier alpha value is -1.39. The molecule has 0 saturated carbocycles. The van der Waals surface area contributed by atoms with Crippen molar-refractivity contribution in [1.82, 2.24) is 10.2 Å². The van der Waals surface area contributed by atoms with Crippen LogP contribution in [-0.4, -0.2) is 36.0 Å². The van der Waals surface area contributed by atoms with Gasteiger partial charge in [0.05, 0.1) is 6.04 Å². The van der Waals surface area contributed by atoms with Crippen molar-refractivity contribution < 1.29 is 4.79 Å². The first-order valence-corrected chi connectivity index (χ1v) is 7.88. The molecule has 1 unspecified atom stereocenters. The summed E-state index contributed by atoms with van der Waals surface area (Å²) in [4.78, 5) is 13.9. The molecular formula is C17H27N3O. The predicted molar refractivity (Wildman–Crippen MR) is 85.7 cm³/mol. The van der Waals surface area contributed by atoms with E-state index in [2.05, 4.69) is 40.5 Å². The number of nitrogens with zero attached hydrogens (tertiary/aromatic N) is 1. The van der Waals surface area contributed by atoms with E-state index in [9.17, 15) is 4.79 Å². The van der Waals surface area contributed by atoms with E-state index >= 15 is 0 Å². The number of benzene rings is 1. The number of primary amides is 1. The maximum Gasteiger partial charge on any atom is 0.234 e. The Balaban J connectivity index is 1.79. The zero-order valence-electron chi connectivity index (χ0n) is 13.1. The summed E-state index contributed by atoms with van der Waals surface area (Å²) in [5, 5.41) is 3.44. The van der Waals surface area contributed by atoms with Gasteiger partial charge < -0.3 is 11.1 Å². The van der Waals surface area contributed by atoms with Gasteiger partial charge in [0.15, 0.2) is 0 Å². The lowest BCUT2D eigenvalue weighted by Crippen LogP contribution is -2.52. The van der Waals surface area contributed by atoms with Crippen LogP contribution < -0.4 is 11.1 Å². The molecule has 21 heavy (non-hydrogen) atoms. The minimum atomic E-state index is -0.239. The molecule has 1 fully saturated rings. The minimum Gasteiger partial charge on any atom is -0.368 e. The van der Waals surface area contributed by atoms with Gasteiger partial charge in [-0.1, -0.05) is 44.2 Å². The van der Waals surface area contributed by atoms with Crippen LogP contribution in [0.5, 0.6) is 0 Å². The van der Waals surface area contributed by atoms with Gasteiger partial charge in [-0.05, 0) is 37.4 Å². The highest BCUT2D eigenvalue weighted by molar-refractivity contribution is 5.80. The summed E-state index contributed by atoms with van der Waals surface area (Å²) < 4.78 is 0. The molecular weight excluding hydrogens is 262 g/mol. The zero-order valence-corrected chi connectivity index (χ0v) is 13.1. The van der Waals surface area contributed by atoms with Crippen molar-refractivity contribution in [2.75, 3.05) is 13.1 Å². The van der Waals surface area contributed by atoms with Crippen molar-refractivity contribution in [3.8, 4) is 0 Å². The summed E-state index contributed by atoms with van der Waals surface area (Å²) in [6, 6.07) is 10.8. The molecule has 116 valence electrons. The van der Waals surface area contributed by atoms with E-state index in [0.717, 1.165) is 32.5 Å². The van der Waals surface area contributed by atoms with Gasteiger partial charge in [0.2, 0.25) is 5.91 Å². The Labute approximate surface area is 127 Å². The van der Waals surface area contributed by atoms with Gasteiger partial charge in [-0.2, -0.15) is 0 Å². The first-order valence-electron chi connectivity index (χ1n) is 7.88. The number of rotatable bonds is 6. The lowest BCUT2D eigenvalue weighted by molar-refractivity contribution is -0.121. The number of likely N-dealkylation sites (tertiary alicyclic amines) is 1. The number of carbonyl (C=O) groups is 1. The van der Waals surface area contributed by atoms with Gasteiger partial charge in [-0.15, -0.1) is 0 Å². The highest BCUT2D eigenvalue weighted by Crippen LogP contribution is 2.15. The van der Waals surface area contributed by atoms with Crippen LogP contribution in [0.3, 0.4) is 0 Å². The molecule has 2 rings (SSSR count). The molecule has 3 N–H and O–H groups in total. The van der Waals surface area contributed by atoms with Crippen LogP contribution >= 0.6 is 0 Å². The molecule has 1 saturated heterocycles. The van der Waals surface area contributed by atoms with Gasteiger partial charge in [0, 0.05) is 12.6 Å². The number of nitrogens with one attached hydrogen (secondary N) is 1. The number of nitrogens with two attached hydrogens (primary N) is 1. The van der Waals surface area contributed by atoms with Crippen molar-refractivity contribution in [2.24, 2.45) is 11.7 Å². The van der Waals surface area contributed by atoms with Crippen molar-refractivity contribution in [1.29, 1.82) is 0 Å². The normalized spacial score (nSPS) is 18.8. The summed E-state index contributed by atoms with van der Waals surface area (Å²) in [5.41, 5.74) is 6.83. The highest BCUT2D eigenvalue weighted by Gasteiger charge is 2.25. The molecule has 1 aromatic rings. The van der Waals surface area contributed by atoms with Crippen LogP contribution in [0.25, 0.3) is 0 Å². The smallest absolute Gasteiger partial charge is 0.234 e. The number of amides is 1. The van der Waals surface area contributed by atoms with Crippen LogP contribution in [0, 0.1) is 5.92 Å². The van der Waals surface area contributed by atoms with E-state index in [1.807, 2.05) is 13.8 Å². The molecule has 4 nitrogen and oxygen atoms in total.